The number of unbranched alkanes of at least 4 members (excludes halogenated alkanes) is 28. The summed E-state index contributed by atoms with van der Waals surface area (Å²) in [7, 11) is 0. The summed E-state index contributed by atoms with van der Waals surface area (Å²) in [5.74, 6) is -0.679. The van der Waals surface area contributed by atoms with Crippen LogP contribution in [0.4, 0.5) is 5.69 Å². The SMILES string of the molecule is CCCCCCCCCCCCCCCCCC(CCCCCCCCCCCCCCCCC)(Nc1ccccc1)C(=O)O. The predicted octanol–water partition coefficient (Wildman–Crippen LogP) is 14.4. The van der Waals surface area contributed by atoms with Gasteiger partial charge < -0.3 is 10.4 Å². The van der Waals surface area contributed by atoms with Gasteiger partial charge in [0.15, 0.2) is 0 Å². The van der Waals surface area contributed by atoms with E-state index >= 15 is 0 Å². The number of benzene rings is 1. The molecule has 0 saturated carbocycles. The molecule has 1 aromatic rings. The quantitative estimate of drug-likeness (QED) is 0.0736. The molecule has 45 heavy (non-hydrogen) atoms. The first-order valence-electron chi connectivity index (χ1n) is 20.2. The zero-order valence-electron chi connectivity index (χ0n) is 30.4. The lowest BCUT2D eigenvalue weighted by Gasteiger charge is -2.32. The van der Waals surface area contributed by atoms with Gasteiger partial charge >= 0.3 is 5.97 Å². The van der Waals surface area contributed by atoms with E-state index < -0.39 is 11.5 Å². The first-order valence-corrected chi connectivity index (χ1v) is 20.2. The number of nitrogens with one attached hydrogen (secondary N) is 1. The molecular formula is C42H77NO2. The van der Waals surface area contributed by atoms with Crippen molar-refractivity contribution >= 4 is 11.7 Å². The molecule has 0 saturated heterocycles. The fourth-order valence-corrected chi connectivity index (χ4v) is 6.91. The molecule has 3 nitrogen and oxygen atoms in total. The van der Waals surface area contributed by atoms with Gasteiger partial charge in [0.2, 0.25) is 0 Å². The third kappa shape index (κ3) is 24.3. The monoisotopic (exact) mass is 628 g/mol. The molecule has 0 atom stereocenters. The zero-order valence-corrected chi connectivity index (χ0v) is 30.4. The van der Waals surface area contributed by atoms with Gasteiger partial charge in [-0.3, -0.25) is 0 Å². The number of hydrogen-bond donors (Lipinski definition) is 2. The van der Waals surface area contributed by atoms with Gasteiger partial charge in [-0.1, -0.05) is 225 Å². The number of hydrogen-bond acceptors (Lipinski definition) is 2. The first kappa shape index (κ1) is 41.5. The Balaban J connectivity index is 2.22. The van der Waals surface area contributed by atoms with Gasteiger partial charge in [-0.2, -0.15) is 0 Å². The van der Waals surface area contributed by atoms with Crippen LogP contribution in [0, 0.1) is 0 Å². The summed E-state index contributed by atoms with van der Waals surface area (Å²) in [6.45, 7) is 4.57. The average molecular weight is 628 g/mol. The van der Waals surface area contributed by atoms with Gasteiger partial charge in [0, 0.05) is 5.69 Å². The molecular weight excluding hydrogens is 550 g/mol. The van der Waals surface area contributed by atoms with E-state index in [2.05, 4.69) is 19.2 Å². The van der Waals surface area contributed by atoms with Crippen LogP contribution in [0.1, 0.15) is 219 Å². The fourth-order valence-electron chi connectivity index (χ4n) is 6.91. The lowest BCUT2D eigenvalue weighted by atomic mass is 9.85. The van der Waals surface area contributed by atoms with Crippen molar-refractivity contribution < 1.29 is 9.90 Å². The maximum absolute atomic E-state index is 12.7. The molecule has 2 N–H and O–H groups in total. The Labute approximate surface area is 281 Å². The van der Waals surface area contributed by atoms with E-state index in [1.165, 1.54) is 167 Å². The van der Waals surface area contributed by atoms with E-state index in [1.54, 1.807) is 0 Å². The molecule has 0 aliphatic rings. The highest BCUT2D eigenvalue weighted by Gasteiger charge is 2.37. The lowest BCUT2D eigenvalue weighted by molar-refractivity contribution is -0.143. The highest BCUT2D eigenvalue weighted by Crippen LogP contribution is 2.29. The number of aliphatic carboxylic acids is 1. The van der Waals surface area contributed by atoms with E-state index in [1.807, 2.05) is 30.3 Å². The number of para-hydroxylation sites is 1. The van der Waals surface area contributed by atoms with E-state index in [0.717, 1.165) is 31.4 Å². The van der Waals surface area contributed by atoms with Crippen LogP contribution in [0.5, 0.6) is 0 Å². The van der Waals surface area contributed by atoms with Crippen LogP contribution in [0.25, 0.3) is 0 Å². The predicted molar refractivity (Wildman–Crippen MR) is 200 cm³/mol. The number of carboxylic acids is 1. The van der Waals surface area contributed by atoms with Gasteiger partial charge in [0.05, 0.1) is 0 Å². The van der Waals surface area contributed by atoms with Crippen molar-refractivity contribution in [2.45, 2.75) is 225 Å². The minimum Gasteiger partial charge on any atom is -0.480 e. The maximum Gasteiger partial charge on any atom is 0.329 e. The van der Waals surface area contributed by atoms with Crippen LogP contribution in [0.3, 0.4) is 0 Å². The van der Waals surface area contributed by atoms with Crippen molar-refractivity contribution in [1.82, 2.24) is 0 Å². The summed E-state index contributed by atoms with van der Waals surface area (Å²) >= 11 is 0. The Bertz CT molecular complexity index is 714. The van der Waals surface area contributed by atoms with Crippen molar-refractivity contribution in [3.05, 3.63) is 30.3 Å². The second-order valence-electron chi connectivity index (χ2n) is 14.3. The Morgan fingerprint density at radius 1 is 0.467 bits per heavy atom. The number of anilines is 1. The Hall–Kier alpha value is -1.51. The van der Waals surface area contributed by atoms with Crippen LogP contribution >= 0.6 is 0 Å². The normalized spacial score (nSPS) is 11.7. The third-order valence-electron chi connectivity index (χ3n) is 9.98. The molecule has 0 spiro atoms. The van der Waals surface area contributed by atoms with Crippen molar-refractivity contribution in [1.29, 1.82) is 0 Å². The zero-order chi connectivity index (χ0) is 32.5. The molecule has 0 aliphatic heterocycles. The number of carbonyl (C=O) groups is 1. The summed E-state index contributed by atoms with van der Waals surface area (Å²) in [5.41, 5.74) is 0.0795. The van der Waals surface area contributed by atoms with Gasteiger partial charge in [0.1, 0.15) is 5.54 Å². The molecule has 0 aromatic heterocycles. The highest BCUT2D eigenvalue weighted by atomic mass is 16.4. The minimum absolute atomic E-state index is 0.679. The maximum atomic E-state index is 12.7. The van der Waals surface area contributed by atoms with Crippen LogP contribution in [-0.4, -0.2) is 16.6 Å². The number of carboxylic acid groups (broad SMARTS) is 1. The van der Waals surface area contributed by atoms with Gasteiger partial charge in [-0.15, -0.1) is 0 Å². The van der Waals surface area contributed by atoms with Crippen LogP contribution in [-0.2, 0) is 4.79 Å². The molecule has 3 heteroatoms. The van der Waals surface area contributed by atoms with E-state index in [0.29, 0.717) is 12.8 Å². The topological polar surface area (TPSA) is 49.3 Å². The third-order valence-corrected chi connectivity index (χ3v) is 9.98. The second-order valence-corrected chi connectivity index (χ2v) is 14.3. The molecule has 0 heterocycles. The molecule has 0 aliphatic carbocycles. The fraction of sp³-hybridized carbons (Fsp3) is 0.833. The van der Waals surface area contributed by atoms with E-state index in [9.17, 15) is 9.90 Å². The Morgan fingerprint density at radius 2 is 0.733 bits per heavy atom. The Kier molecular flexibility index (Phi) is 28.7. The molecule has 0 amide bonds. The van der Waals surface area contributed by atoms with Gasteiger partial charge in [0.25, 0.3) is 0 Å². The summed E-state index contributed by atoms with van der Waals surface area (Å²) in [6, 6.07) is 10.0. The smallest absolute Gasteiger partial charge is 0.329 e. The first-order chi connectivity index (χ1) is 22.1. The van der Waals surface area contributed by atoms with Crippen molar-refractivity contribution in [3.63, 3.8) is 0 Å². The molecule has 262 valence electrons. The van der Waals surface area contributed by atoms with Crippen molar-refractivity contribution in [2.24, 2.45) is 0 Å². The summed E-state index contributed by atoms with van der Waals surface area (Å²) < 4.78 is 0. The van der Waals surface area contributed by atoms with Crippen LogP contribution < -0.4 is 5.32 Å². The summed E-state index contributed by atoms with van der Waals surface area (Å²) in [5, 5.41) is 13.9. The van der Waals surface area contributed by atoms with E-state index in [4.69, 9.17) is 0 Å². The summed E-state index contributed by atoms with van der Waals surface area (Å²) in [6.07, 6.45) is 41.4. The number of rotatable bonds is 35. The molecule has 0 bridgehead atoms. The van der Waals surface area contributed by atoms with Gasteiger partial charge in [-0.05, 0) is 25.0 Å². The lowest BCUT2D eigenvalue weighted by Crippen LogP contribution is -2.46. The molecule has 0 fully saturated rings. The van der Waals surface area contributed by atoms with Crippen LogP contribution in [0.2, 0.25) is 0 Å². The molecule has 1 aromatic carbocycles. The second kappa shape index (κ2) is 31.1. The largest absolute Gasteiger partial charge is 0.480 e. The highest BCUT2D eigenvalue weighted by molar-refractivity contribution is 5.82. The Morgan fingerprint density at radius 3 is 1.00 bits per heavy atom. The summed E-state index contributed by atoms with van der Waals surface area (Å²) in [4.78, 5) is 12.7. The molecule has 0 unspecified atom stereocenters. The molecule has 0 radical (unpaired) electrons. The van der Waals surface area contributed by atoms with Gasteiger partial charge in [-0.25, -0.2) is 4.79 Å². The average Bonchev–Trinajstić information content (AvgIpc) is 3.05. The van der Waals surface area contributed by atoms with Crippen molar-refractivity contribution in [3.8, 4) is 0 Å². The van der Waals surface area contributed by atoms with E-state index in [-0.39, 0.29) is 0 Å². The van der Waals surface area contributed by atoms with Crippen molar-refractivity contribution in [2.75, 3.05) is 5.32 Å². The minimum atomic E-state index is -0.853. The standard InChI is InChI=1S/C42H77NO2/c1-3-5-7-9-11-13-15-17-19-21-23-25-27-29-34-38-42(41(44)45,43-40-36-32-31-33-37-40)39-35-30-28-26-24-22-20-18-16-14-12-10-8-6-4-2/h31-33,36-37,43H,3-30,34-35,38-39H2,1-2H3,(H,44,45). The molecule has 1 rings (SSSR count). The van der Waals surface area contributed by atoms with Crippen LogP contribution in [0.15, 0.2) is 30.3 Å².